The molecule has 0 saturated carbocycles. The number of fused-ring (bicyclic) bond motifs is 1. The summed E-state index contributed by atoms with van der Waals surface area (Å²) in [6, 6.07) is 7.24. The lowest BCUT2D eigenvalue weighted by atomic mass is 10.1. The molecule has 1 aromatic carbocycles. The molecule has 0 spiro atoms. The molecular weight excluding hydrogens is 372 g/mol. The van der Waals surface area contributed by atoms with Crippen molar-refractivity contribution in [1.82, 2.24) is 3.96 Å². The average Bonchev–Trinajstić information content (AvgIpc) is 3.05. The van der Waals surface area contributed by atoms with Crippen LogP contribution in [0, 0.1) is 13.8 Å². The van der Waals surface area contributed by atoms with Crippen molar-refractivity contribution in [2.45, 2.75) is 27.3 Å². The topological polar surface area (TPSA) is 77.4 Å². The van der Waals surface area contributed by atoms with Gasteiger partial charge in [-0.2, -0.15) is 0 Å². The van der Waals surface area contributed by atoms with Gasteiger partial charge < -0.3 is 10.1 Å². The summed E-state index contributed by atoms with van der Waals surface area (Å²) < 4.78 is 7.33. The molecule has 0 unspecified atom stereocenters. The van der Waals surface area contributed by atoms with Crippen molar-refractivity contribution in [3.05, 3.63) is 50.6 Å². The Kier molecular flexibility index (Phi) is 5.24. The van der Waals surface area contributed by atoms with E-state index in [4.69, 9.17) is 4.74 Å². The number of anilines is 1. The molecule has 2 heterocycles. The van der Waals surface area contributed by atoms with E-state index in [0.717, 1.165) is 15.1 Å². The van der Waals surface area contributed by atoms with Crippen molar-refractivity contribution in [2.24, 2.45) is 0 Å². The molecule has 0 aliphatic heterocycles. The minimum atomic E-state index is -0.455. The fraction of sp³-hybridized carbons (Fsp3) is 0.278. The van der Waals surface area contributed by atoms with Crippen LogP contribution >= 0.6 is 22.9 Å². The summed E-state index contributed by atoms with van der Waals surface area (Å²) in [7, 11) is 0. The lowest BCUT2D eigenvalue weighted by Gasteiger charge is -2.07. The summed E-state index contributed by atoms with van der Waals surface area (Å²) in [5.41, 5.74) is 0.985. The SMILES string of the molecule is CCOC(=O)c1c(NC(=O)Cn2sc3ccccc3c2=O)sc(C)c1C. The van der Waals surface area contributed by atoms with Gasteiger partial charge in [0, 0.05) is 4.88 Å². The minimum Gasteiger partial charge on any atom is -0.462 e. The van der Waals surface area contributed by atoms with Crippen molar-refractivity contribution in [3.8, 4) is 0 Å². The molecule has 0 aliphatic carbocycles. The largest absolute Gasteiger partial charge is 0.462 e. The quantitative estimate of drug-likeness (QED) is 0.676. The molecule has 26 heavy (non-hydrogen) atoms. The monoisotopic (exact) mass is 390 g/mol. The van der Waals surface area contributed by atoms with Gasteiger partial charge in [0.25, 0.3) is 5.56 Å². The highest BCUT2D eigenvalue weighted by Gasteiger charge is 2.22. The van der Waals surface area contributed by atoms with Crippen molar-refractivity contribution in [1.29, 1.82) is 0 Å². The number of esters is 1. The van der Waals surface area contributed by atoms with E-state index in [1.165, 1.54) is 26.8 Å². The maximum atomic E-state index is 12.5. The smallest absolute Gasteiger partial charge is 0.341 e. The van der Waals surface area contributed by atoms with Crippen LogP contribution in [0.2, 0.25) is 0 Å². The van der Waals surface area contributed by atoms with E-state index in [2.05, 4.69) is 5.32 Å². The molecule has 6 nitrogen and oxygen atoms in total. The van der Waals surface area contributed by atoms with E-state index in [-0.39, 0.29) is 24.6 Å². The van der Waals surface area contributed by atoms with E-state index in [1.54, 1.807) is 19.1 Å². The van der Waals surface area contributed by atoms with E-state index in [0.29, 0.717) is 16.0 Å². The van der Waals surface area contributed by atoms with E-state index in [9.17, 15) is 14.4 Å². The predicted molar refractivity (Wildman–Crippen MR) is 104 cm³/mol. The molecule has 0 radical (unpaired) electrons. The number of nitrogens with zero attached hydrogens (tertiary/aromatic N) is 1. The van der Waals surface area contributed by atoms with Crippen molar-refractivity contribution in [2.75, 3.05) is 11.9 Å². The lowest BCUT2D eigenvalue weighted by Crippen LogP contribution is -2.24. The Hall–Kier alpha value is -2.45. The van der Waals surface area contributed by atoms with E-state index in [1.807, 2.05) is 26.0 Å². The van der Waals surface area contributed by atoms with Crippen molar-refractivity contribution >= 4 is 49.8 Å². The van der Waals surface area contributed by atoms with Crippen LogP contribution in [0.5, 0.6) is 0 Å². The number of hydrogen-bond donors (Lipinski definition) is 1. The Morgan fingerprint density at radius 3 is 2.65 bits per heavy atom. The Balaban J connectivity index is 1.84. The third-order valence-corrected chi connectivity index (χ3v) is 6.15. The second-order valence-electron chi connectivity index (χ2n) is 5.69. The van der Waals surface area contributed by atoms with Crippen LogP contribution in [0.25, 0.3) is 10.1 Å². The minimum absolute atomic E-state index is 0.101. The molecule has 0 saturated heterocycles. The summed E-state index contributed by atoms with van der Waals surface area (Å²) in [6.07, 6.45) is 0. The molecule has 1 amide bonds. The van der Waals surface area contributed by atoms with Gasteiger partial charge in [0.15, 0.2) is 0 Å². The summed E-state index contributed by atoms with van der Waals surface area (Å²) in [6.45, 7) is 5.60. The second-order valence-corrected chi connectivity index (χ2v) is 7.97. The van der Waals surface area contributed by atoms with Gasteiger partial charge in [-0.05, 0) is 38.5 Å². The molecule has 1 N–H and O–H groups in total. The highest BCUT2D eigenvalue weighted by atomic mass is 32.1. The lowest BCUT2D eigenvalue weighted by molar-refractivity contribution is -0.116. The summed E-state index contributed by atoms with van der Waals surface area (Å²) in [5, 5.41) is 3.81. The average molecular weight is 390 g/mol. The number of aryl methyl sites for hydroxylation is 1. The maximum Gasteiger partial charge on any atom is 0.341 e. The highest BCUT2D eigenvalue weighted by Crippen LogP contribution is 2.33. The van der Waals surface area contributed by atoms with Gasteiger partial charge in [0.1, 0.15) is 11.5 Å². The van der Waals surface area contributed by atoms with Gasteiger partial charge >= 0.3 is 5.97 Å². The number of nitrogens with one attached hydrogen (secondary N) is 1. The van der Waals surface area contributed by atoms with Crippen LogP contribution in [-0.4, -0.2) is 22.4 Å². The fourth-order valence-electron chi connectivity index (χ4n) is 2.58. The molecule has 136 valence electrons. The number of hydrogen-bond acceptors (Lipinski definition) is 6. The number of thiophene rings is 1. The van der Waals surface area contributed by atoms with Crippen LogP contribution in [0.15, 0.2) is 29.1 Å². The number of carbonyl (C=O) groups excluding carboxylic acids is 2. The molecule has 3 aromatic rings. The molecule has 2 aromatic heterocycles. The van der Waals surface area contributed by atoms with Gasteiger partial charge in [-0.1, -0.05) is 23.7 Å². The zero-order valence-corrected chi connectivity index (χ0v) is 16.3. The number of benzene rings is 1. The van der Waals surface area contributed by atoms with Gasteiger partial charge in [0.2, 0.25) is 5.91 Å². The van der Waals surface area contributed by atoms with E-state index >= 15 is 0 Å². The van der Waals surface area contributed by atoms with Crippen LogP contribution < -0.4 is 10.9 Å². The molecule has 8 heteroatoms. The van der Waals surface area contributed by atoms with Crippen LogP contribution in [0.4, 0.5) is 5.00 Å². The maximum absolute atomic E-state index is 12.5. The second kappa shape index (κ2) is 7.43. The first kappa shape index (κ1) is 18.3. The van der Waals surface area contributed by atoms with Crippen LogP contribution in [0.3, 0.4) is 0 Å². The first-order valence-corrected chi connectivity index (χ1v) is 9.67. The zero-order chi connectivity index (χ0) is 18.8. The molecule has 0 fully saturated rings. The van der Waals surface area contributed by atoms with E-state index < -0.39 is 5.97 Å². The number of rotatable bonds is 5. The molecule has 0 bridgehead atoms. The first-order valence-electron chi connectivity index (χ1n) is 8.08. The highest BCUT2D eigenvalue weighted by molar-refractivity contribution is 7.17. The zero-order valence-electron chi connectivity index (χ0n) is 14.6. The third kappa shape index (κ3) is 3.42. The number of ether oxygens (including phenoxy) is 1. The van der Waals surface area contributed by atoms with Gasteiger partial charge in [-0.25, -0.2) is 4.79 Å². The first-order chi connectivity index (χ1) is 12.4. The Labute approximate surface area is 158 Å². The third-order valence-electron chi connectivity index (χ3n) is 3.96. The predicted octanol–water partition coefficient (Wildman–Crippen LogP) is 3.56. The Morgan fingerprint density at radius 2 is 1.96 bits per heavy atom. The van der Waals surface area contributed by atoms with Crippen molar-refractivity contribution < 1.29 is 14.3 Å². The number of carbonyl (C=O) groups is 2. The van der Waals surface area contributed by atoms with Crippen molar-refractivity contribution in [3.63, 3.8) is 0 Å². The Bertz CT molecular complexity index is 1050. The number of amides is 1. The Morgan fingerprint density at radius 1 is 1.23 bits per heavy atom. The summed E-state index contributed by atoms with van der Waals surface area (Å²) in [4.78, 5) is 37.9. The van der Waals surface area contributed by atoms with Crippen LogP contribution in [-0.2, 0) is 16.1 Å². The van der Waals surface area contributed by atoms with Crippen LogP contribution in [0.1, 0.15) is 27.7 Å². The summed E-state index contributed by atoms with van der Waals surface area (Å²) in [5.74, 6) is -0.811. The number of aromatic nitrogens is 1. The normalized spacial score (nSPS) is 10.9. The molecular formula is C18H18N2O4S2. The molecule has 0 aliphatic rings. The summed E-state index contributed by atoms with van der Waals surface area (Å²) >= 11 is 2.57. The van der Waals surface area contributed by atoms with Gasteiger partial charge in [-0.15, -0.1) is 11.3 Å². The fourth-order valence-corrected chi connectivity index (χ4v) is 4.64. The molecule has 3 rings (SSSR count). The molecule has 0 atom stereocenters. The van der Waals surface area contributed by atoms with Gasteiger partial charge in [0.05, 0.1) is 22.3 Å². The standard InChI is InChI=1S/C18H18N2O4S2/c1-4-24-18(23)15-10(2)11(3)25-16(15)19-14(21)9-20-17(22)12-7-5-6-8-13(12)26-20/h5-8H,4,9H2,1-3H3,(H,19,21). The van der Waals surface area contributed by atoms with Gasteiger partial charge in [-0.3, -0.25) is 13.5 Å².